The zero-order valence-corrected chi connectivity index (χ0v) is 25.1. The van der Waals surface area contributed by atoms with Crippen molar-refractivity contribution in [3.63, 3.8) is 0 Å². The van der Waals surface area contributed by atoms with Crippen LogP contribution in [0.3, 0.4) is 0 Å². The van der Waals surface area contributed by atoms with Crippen LogP contribution in [0.4, 0.5) is 0 Å². The van der Waals surface area contributed by atoms with Crippen LogP contribution in [-0.2, 0) is 0 Å². The van der Waals surface area contributed by atoms with Gasteiger partial charge in [0.15, 0.2) is 5.82 Å². The molecular weight excluding hydrogens is 558 g/mol. The molecule has 8 rings (SSSR count). The molecule has 2 heterocycles. The largest absolute Gasteiger partial charge is 0.256 e. The van der Waals surface area contributed by atoms with Gasteiger partial charge in [0.2, 0.25) is 0 Å². The van der Waals surface area contributed by atoms with Crippen molar-refractivity contribution < 1.29 is 0 Å². The molecule has 0 fully saturated rings. The van der Waals surface area contributed by atoms with E-state index < -0.39 is 0 Å². The van der Waals surface area contributed by atoms with E-state index in [4.69, 9.17) is 15.0 Å². The molecule has 6 aromatic carbocycles. The highest BCUT2D eigenvalue weighted by Gasteiger charge is 2.17. The molecule has 0 amide bonds. The molecule has 8 aromatic rings. The van der Waals surface area contributed by atoms with E-state index in [9.17, 15) is 0 Å². The molecule has 0 aliphatic carbocycles. The van der Waals surface area contributed by atoms with E-state index in [2.05, 4.69) is 158 Å². The molecule has 0 saturated heterocycles. The van der Waals surface area contributed by atoms with E-state index in [0.717, 1.165) is 72.4 Å². The first-order chi connectivity index (χ1) is 22.8. The summed E-state index contributed by atoms with van der Waals surface area (Å²) in [5, 5.41) is 2.28. The Balaban J connectivity index is 1.35. The maximum Gasteiger partial charge on any atom is 0.160 e. The molecule has 3 nitrogen and oxygen atoms in total. The van der Waals surface area contributed by atoms with Gasteiger partial charge in [0.05, 0.1) is 17.1 Å². The van der Waals surface area contributed by atoms with Gasteiger partial charge in [-0.3, -0.25) is 4.98 Å². The highest BCUT2D eigenvalue weighted by molar-refractivity contribution is 5.95. The Morgan fingerprint density at radius 3 is 1.48 bits per heavy atom. The summed E-state index contributed by atoms with van der Waals surface area (Å²) in [6.45, 7) is 0. The van der Waals surface area contributed by atoms with Crippen LogP contribution in [-0.4, -0.2) is 15.0 Å². The number of benzene rings is 6. The SMILES string of the molecule is c1ccc(-c2ccccc2-c2cc(-c3ccccc3-c3ccccc3)nc(-c3cccc(-c4nccc5ccccc45)c3)n2)cc1. The van der Waals surface area contributed by atoms with Gasteiger partial charge in [-0.05, 0) is 45.8 Å². The maximum atomic E-state index is 5.25. The summed E-state index contributed by atoms with van der Waals surface area (Å²) in [6, 6.07) is 58.9. The fourth-order valence-electron chi connectivity index (χ4n) is 6.16. The van der Waals surface area contributed by atoms with Gasteiger partial charge in [0, 0.05) is 33.8 Å². The monoisotopic (exact) mass is 587 g/mol. The zero-order valence-electron chi connectivity index (χ0n) is 25.1. The third-order valence-corrected chi connectivity index (χ3v) is 8.37. The summed E-state index contributed by atoms with van der Waals surface area (Å²) in [4.78, 5) is 15.3. The van der Waals surface area contributed by atoms with Crippen molar-refractivity contribution in [1.82, 2.24) is 15.0 Å². The lowest BCUT2D eigenvalue weighted by Gasteiger charge is -2.15. The first kappa shape index (κ1) is 27.4. The summed E-state index contributed by atoms with van der Waals surface area (Å²) in [6.07, 6.45) is 1.88. The normalized spacial score (nSPS) is 11.0. The van der Waals surface area contributed by atoms with E-state index in [1.54, 1.807) is 0 Å². The van der Waals surface area contributed by atoms with E-state index in [0.29, 0.717) is 5.82 Å². The third kappa shape index (κ3) is 5.25. The van der Waals surface area contributed by atoms with Crippen molar-refractivity contribution in [3.8, 4) is 67.4 Å². The predicted octanol–water partition coefficient (Wildman–Crippen LogP) is 11.0. The minimum atomic E-state index is 0.667. The number of aromatic nitrogens is 3. The third-order valence-electron chi connectivity index (χ3n) is 8.37. The van der Waals surface area contributed by atoms with Crippen LogP contribution in [0.25, 0.3) is 78.2 Å². The number of hydrogen-bond acceptors (Lipinski definition) is 3. The van der Waals surface area contributed by atoms with Crippen molar-refractivity contribution in [3.05, 3.63) is 176 Å². The molecule has 0 atom stereocenters. The maximum absolute atomic E-state index is 5.25. The van der Waals surface area contributed by atoms with Crippen LogP contribution in [0.5, 0.6) is 0 Å². The van der Waals surface area contributed by atoms with E-state index in [-0.39, 0.29) is 0 Å². The van der Waals surface area contributed by atoms with Crippen molar-refractivity contribution in [2.75, 3.05) is 0 Å². The van der Waals surface area contributed by atoms with Crippen LogP contribution < -0.4 is 0 Å². The smallest absolute Gasteiger partial charge is 0.160 e. The average molecular weight is 588 g/mol. The summed E-state index contributed by atoms with van der Waals surface area (Å²) >= 11 is 0. The van der Waals surface area contributed by atoms with Crippen LogP contribution in [0.15, 0.2) is 176 Å². The zero-order chi connectivity index (χ0) is 30.7. The lowest BCUT2D eigenvalue weighted by atomic mass is 9.94. The second kappa shape index (κ2) is 12.1. The van der Waals surface area contributed by atoms with Gasteiger partial charge in [0.25, 0.3) is 0 Å². The molecule has 2 aromatic heterocycles. The van der Waals surface area contributed by atoms with E-state index >= 15 is 0 Å². The number of hydrogen-bond donors (Lipinski definition) is 0. The Labute approximate surface area is 268 Å². The van der Waals surface area contributed by atoms with E-state index in [1.165, 1.54) is 0 Å². The Morgan fingerprint density at radius 2 is 0.848 bits per heavy atom. The molecule has 0 aliphatic rings. The van der Waals surface area contributed by atoms with Crippen LogP contribution >= 0.6 is 0 Å². The Hall–Kier alpha value is -6.19. The van der Waals surface area contributed by atoms with Crippen LogP contribution in [0.2, 0.25) is 0 Å². The van der Waals surface area contributed by atoms with E-state index in [1.807, 2.05) is 18.3 Å². The summed E-state index contributed by atoms with van der Waals surface area (Å²) in [7, 11) is 0. The first-order valence-corrected chi connectivity index (χ1v) is 15.5. The van der Waals surface area contributed by atoms with Crippen molar-refractivity contribution in [2.45, 2.75) is 0 Å². The lowest BCUT2D eigenvalue weighted by Crippen LogP contribution is -1.98. The summed E-state index contributed by atoms with van der Waals surface area (Å²) < 4.78 is 0. The molecule has 0 bridgehead atoms. The number of rotatable bonds is 6. The molecule has 0 aliphatic heterocycles. The second-order valence-electron chi connectivity index (χ2n) is 11.2. The van der Waals surface area contributed by atoms with Crippen LogP contribution in [0.1, 0.15) is 0 Å². The Bertz CT molecular complexity index is 2200. The van der Waals surface area contributed by atoms with Crippen molar-refractivity contribution in [2.24, 2.45) is 0 Å². The standard InChI is InChI=1S/C43H29N3/c1-3-14-30(15-4-1)35-21-9-11-24-38(35)40-29-41(39-25-12-10-22-36(39)31-16-5-2-6-17-31)46-43(45-40)34-20-13-19-33(28-34)42-37-23-8-7-18-32(37)26-27-44-42/h1-29H. The topological polar surface area (TPSA) is 38.7 Å². The Morgan fingerprint density at radius 1 is 0.348 bits per heavy atom. The molecule has 0 radical (unpaired) electrons. The van der Waals surface area contributed by atoms with Gasteiger partial charge in [0.1, 0.15) is 0 Å². The molecule has 0 saturated carbocycles. The number of fused-ring (bicyclic) bond motifs is 1. The number of nitrogens with zero attached hydrogens (tertiary/aromatic N) is 3. The highest BCUT2D eigenvalue weighted by atomic mass is 14.9. The molecule has 3 heteroatoms. The molecule has 0 spiro atoms. The summed E-state index contributed by atoms with van der Waals surface area (Å²) in [5.74, 6) is 0.667. The second-order valence-corrected chi connectivity index (χ2v) is 11.2. The van der Waals surface area contributed by atoms with Gasteiger partial charge >= 0.3 is 0 Å². The molecule has 216 valence electrons. The fraction of sp³-hybridized carbons (Fsp3) is 0. The highest BCUT2D eigenvalue weighted by Crippen LogP contribution is 2.37. The minimum absolute atomic E-state index is 0.667. The van der Waals surface area contributed by atoms with Gasteiger partial charge in [-0.15, -0.1) is 0 Å². The molecule has 0 N–H and O–H groups in total. The predicted molar refractivity (Wildman–Crippen MR) is 190 cm³/mol. The van der Waals surface area contributed by atoms with Gasteiger partial charge in [-0.2, -0.15) is 0 Å². The first-order valence-electron chi connectivity index (χ1n) is 15.5. The average Bonchev–Trinajstić information content (AvgIpc) is 3.15. The molecule has 0 unspecified atom stereocenters. The quantitative estimate of drug-likeness (QED) is 0.194. The fourth-order valence-corrected chi connectivity index (χ4v) is 6.16. The van der Waals surface area contributed by atoms with Gasteiger partial charge < -0.3 is 0 Å². The molecule has 46 heavy (non-hydrogen) atoms. The van der Waals surface area contributed by atoms with Crippen molar-refractivity contribution in [1.29, 1.82) is 0 Å². The van der Waals surface area contributed by atoms with Crippen LogP contribution in [0, 0.1) is 0 Å². The number of pyridine rings is 1. The van der Waals surface area contributed by atoms with Gasteiger partial charge in [-0.25, -0.2) is 9.97 Å². The molecular formula is C43H29N3. The van der Waals surface area contributed by atoms with Crippen molar-refractivity contribution >= 4 is 10.8 Å². The lowest BCUT2D eigenvalue weighted by molar-refractivity contribution is 1.18. The minimum Gasteiger partial charge on any atom is -0.256 e. The summed E-state index contributed by atoms with van der Waals surface area (Å²) in [5.41, 5.74) is 11.3. The van der Waals surface area contributed by atoms with Gasteiger partial charge in [-0.1, -0.05) is 152 Å². The Kier molecular flexibility index (Phi) is 7.18.